The minimum atomic E-state index is -1.21. The Morgan fingerprint density at radius 1 is 1.00 bits per heavy atom. The van der Waals surface area contributed by atoms with Gasteiger partial charge in [-0.05, 0) is 48.6 Å². The van der Waals surface area contributed by atoms with Crippen LogP contribution < -0.4 is 0 Å². The maximum atomic E-state index is 11.5. The summed E-state index contributed by atoms with van der Waals surface area (Å²) in [6.07, 6.45) is 11.4. The fourth-order valence-corrected chi connectivity index (χ4v) is 4.87. The highest BCUT2D eigenvalue weighted by Crippen LogP contribution is 2.51. The van der Waals surface area contributed by atoms with Crippen LogP contribution >= 0.6 is 23.2 Å². The van der Waals surface area contributed by atoms with E-state index >= 15 is 0 Å². The van der Waals surface area contributed by atoms with Gasteiger partial charge in [0.05, 0.1) is 0 Å². The monoisotopic (exact) mass is 366 g/mol. The van der Waals surface area contributed by atoms with E-state index in [2.05, 4.69) is 31.2 Å². The van der Waals surface area contributed by atoms with Crippen molar-refractivity contribution in [3.63, 3.8) is 0 Å². The number of Topliss-reactive ketones (excluding diaryl/α,β-unsaturated/α-hetero) is 1. The predicted molar refractivity (Wildman–Crippen MR) is 102 cm³/mol. The average Bonchev–Trinajstić information content (AvgIpc) is 2.61. The van der Waals surface area contributed by atoms with E-state index in [-0.39, 0.29) is 11.7 Å². The van der Waals surface area contributed by atoms with Crippen LogP contribution in [0.3, 0.4) is 0 Å². The summed E-state index contributed by atoms with van der Waals surface area (Å²) in [7, 11) is 0. The number of carbonyl (C=O) groups excluding carboxylic acids is 1. The maximum absolute atomic E-state index is 11.5. The summed E-state index contributed by atoms with van der Waals surface area (Å²) in [5.74, 6) is 1.54. The Balaban J connectivity index is 1.53. The molecule has 0 amide bonds. The molecule has 2 fully saturated rings. The van der Waals surface area contributed by atoms with Gasteiger partial charge in [0.25, 0.3) is 0 Å². The van der Waals surface area contributed by atoms with Gasteiger partial charge in [0.2, 0.25) is 0 Å². The average molecular weight is 367 g/mol. The van der Waals surface area contributed by atoms with Gasteiger partial charge in [0.15, 0.2) is 10.1 Å². The molecule has 1 nitrogen and oxygen atoms in total. The topological polar surface area (TPSA) is 17.1 Å². The number of carbonyl (C=O) groups is 1. The normalized spacial score (nSPS) is 29.3. The van der Waals surface area contributed by atoms with Gasteiger partial charge >= 0.3 is 0 Å². The van der Waals surface area contributed by atoms with E-state index in [1.54, 1.807) is 0 Å². The standard InChI is InChI=1S/C21H28Cl2O/c1-2-3-4-5-15-6-8-16(9-7-15)17-10-12-18(13-11-17)19-14-20(24)21(19,22)23/h10-13,15-16,19H,2-9,14H2,1H3. The molecular formula is C21H28Cl2O. The summed E-state index contributed by atoms with van der Waals surface area (Å²) in [5.41, 5.74) is 2.53. The van der Waals surface area contributed by atoms with Gasteiger partial charge in [-0.15, -0.1) is 0 Å². The third kappa shape index (κ3) is 3.83. The third-order valence-corrected chi connectivity index (χ3v) is 7.02. The van der Waals surface area contributed by atoms with Crippen molar-refractivity contribution >= 4 is 29.0 Å². The molecule has 132 valence electrons. The van der Waals surface area contributed by atoms with Crippen molar-refractivity contribution < 1.29 is 4.79 Å². The van der Waals surface area contributed by atoms with Crippen LogP contribution in [0.4, 0.5) is 0 Å². The Morgan fingerprint density at radius 2 is 1.62 bits per heavy atom. The molecule has 1 atom stereocenters. The van der Waals surface area contributed by atoms with Crippen molar-refractivity contribution in [2.24, 2.45) is 5.92 Å². The minimum Gasteiger partial charge on any atom is -0.296 e. The number of rotatable bonds is 6. The van der Waals surface area contributed by atoms with E-state index < -0.39 is 4.33 Å². The Hall–Kier alpha value is -0.530. The van der Waals surface area contributed by atoms with Gasteiger partial charge < -0.3 is 0 Å². The zero-order valence-corrected chi connectivity index (χ0v) is 16.1. The Bertz CT molecular complexity index is 556. The Kier molecular flexibility index (Phi) is 5.93. The van der Waals surface area contributed by atoms with Crippen molar-refractivity contribution in [2.75, 3.05) is 0 Å². The van der Waals surface area contributed by atoms with Crippen LogP contribution in [-0.2, 0) is 4.79 Å². The second-order valence-electron chi connectivity index (χ2n) is 7.68. The molecule has 3 rings (SSSR count). The van der Waals surface area contributed by atoms with Crippen molar-refractivity contribution in [3.8, 4) is 0 Å². The highest BCUT2D eigenvalue weighted by Gasteiger charge is 2.53. The number of hydrogen-bond acceptors (Lipinski definition) is 1. The molecule has 0 N–H and O–H groups in total. The molecule has 1 unspecified atom stereocenters. The van der Waals surface area contributed by atoms with E-state index in [9.17, 15) is 4.79 Å². The summed E-state index contributed by atoms with van der Waals surface area (Å²) < 4.78 is -1.21. The molecule has 3 heteroatoms. The quantitative estimate of drug-likeness (QED) is 0.400. The van der Waals surface area contributed by atoms with Crippen LogP contribution in [0.25, 0.3) is 0 Å². The summed E-state index contributed by atoms with van der Waals surface area (Å²) >= 11 is 12.3. The lowest BCUT2D eigenvalue weighted by Crippen LogP contribution is -2.45. The first-order valence-corrected chi connectivity index (χ1v) is 10.3. The van der Waals surface area contributed by atoms with Crippen LogP contribution in [-0.4, -0.2) is 10.1 Å². The molecule has 2 aliphatic rings. The smallest absolute Gasteiger partial charge is 0.183 e. The molecule has 2 saturated carbocycles. The molecule has 0 radical (unpaired) electrons. The number of alkyl halides is 2. The molecule has 1 aromatic carbocycles. The molecule has 2 aliphatic carbocycles. The van der Waals surface area contributed by atoms with Crippen molar-refractivity contribution in [1.29, 1.82) is 0 Å². The molecular weight excluding hydrogens is 339 g/mol. The van der Waals surface area contributed by atoms with E-state index in [0.29, 0.717) is 12.3 Å². The summed E-state index contributed by atoms with van der Waals surface area (Å²) in [4.78, 5) is 11.5. The first-order chi connectivity index (χ1) is 11.5. The molecule has 1 aromatic rings. The maximum Gasteiger partial charge on any atom is 0.183 e. The Morgan fingerprint density at radius 3 is 2.17 bits per heavy atom. The van der Waals surface area contributed by atoms with Gasteiger partial charge in [-0.1, -0.05) is 80.1 Å². The van der Waals surface area contributed by atoms with Gasteiger partial charge in [0, 0.05) is 12.3 Å². The molecule has 0 bridgehead atoms. The van der Waals surface area contributed by atoms with Gasteiger partial charge in [0.1, 0.15) is 0 Å². The number of benzene rings is 1. The Labute approximate surface area is 156 Å². The number of ketones is 1. The van der Waals surface area contributed by atoms with Crippen LogP contribution in [0.2, 0.25) is 0 Å². The lowest BCUT2D eigenvalue weighted by Gasteiger charge is -2.38. The second-order valence-corrected chi connectivity index (χ2v) is 9.07. The molecule has 0 heterocycles. The molecule has 0 aliphatic heterocycles. The highest BCUT2D eigenvalue weighted by molar-refractivity contribution is 6.61. The van der Waals surface area contributed by atoms with Crippen LogP contribution in [0.1, 0.15) is 87.7 Å². The third-order valence-electron chi connectivity index (χ3n) is 6.07. The molecule has 0 saturated heterocycles. The van der Waals surface area contributed by atoms with E-state index in [1.807, 2.05) is 0 Å². The minimum absolute atomic E-state index is 0.0447. The van der Waals surface area contributed by atoms with Crippen molar-refractivity contribution in [3.05, 3.63) is 35.4 Å². The lowest BCUT2D eigenvalue weighted by atomic mass is 9.75. The largest absolute Gasteiger partial charge is 0.296 e. The van der Waals surface area contributed by atoms with Crippen LogP contribution in [0.5, 0.6) is 0 Å². The molecule has 0 spiro atoms. The zero-order valence-electron chi connectivity index (χ0n) is 14.6. The second kappa shape index (κ2) is 7.79. The summed E-state index contributed by atoms with van der Waals surface area (Å²) in [5, 5.41) is 0. The number of halogens is 2. The summed E-state index contributed by atoms with van der Waals surface area (Å²) in [6.45, 7) is 2.28. The van der Waals surface area contributed by atoms with Crippen molar-refractivity contribution in [2.45, 2.75) is 80.9 Å². The van der Waals surface area contributed by atoms with Gasteiger partial charge in [-0.3, -0.25) is 4.79 Å². The van der Waals surface area contributed by atoms with Crippen LogP contribution in [0, 0.1) is 5.92 Å². The van der Waals surface area contributed by atoms with E-state index in [4.69, 9.17) is 23.2 Å². The SMILES string of the molecule is CCCCCC1CCC(c2ccc(C3CC(=O)C3(Cl)Cl)cc2)CC1. The van der Waals surface area contributed by atoms with Gasteiger partial charge in [-0.25, -0.2) is 0 Å². The lowest BCUT2D eigenvalue weighted by molar-refractivity contribution is -0.125. The zero-order chi connectivity index (χ0) is 17.2. The highest BCUT2D eigenvalue weighted by atomic mass is 35.5. The van der Waals surface area contributed by atoms with E-state index in [1.165, 1.54) is 56.9 Å². The van der Waals surface area contributed by atoms with Crippen molar-refractivity contribution in [1.82, 2.24) is 0 Å². The number of unbranched alkanes of at least 4 members (excludes halogenated alkanes) is 2. The predicted octanol–water partition coefficient (Wildman–Crippen LogP) is 6.77. The number of hydrogen-bond donors (Lipinski definition) is 0. The molecule has 24 heavy (non-hydrogen) atoms. The van der Waals surface area contributed by atoms with Gasteiger partial charge in [-0.2, -0.15) is 0 Å². The fourth-order valence-electron chi connectivity index (χ4n) is 4.31. The van der Waals surface area contributed by atoms with E-state index in [0.717, 1.165) is 11.5 Å². The molecule has 0 aromatic heterocycles. The first-order valence-electron chi connectivity index (χ1n) is 9.53. The van der Waals surface area contributed by atoms with Crippen LogP contribution in [0.15, 0.2) is 24.3 Å². The fraction of sp³-hybridized carbons (Fsp3) is 0.667. The first kappa shape index (κ1) is 18.3. The summed E-state index contributed by atoms with van der Waals surface area (Å²) in [6, 6.07) is 8.70.